The van der Waals surface area contributed by atoms with Gasteiger partial charge in [-0.15, -0.1) is 4.72 Å². The van der Waals surface area contributed by atoms with Gasteiger partial charge >= 0.3 is 0 Å². The zero-order chi connectivity index (χ0) is 19.3. The van der Waals surface area contributed by atoms with Crippen LogP contribution in [0, 0.1) is 0 Å². The van der Waals surface area contributed by atoms with Gasteiger partial charge in [-0.05, 0) is 57.5 Å². The van der Waals surface area contributed by atoms with E-state index in [4.69, 9.17) is 4.43 Å². The van der Waals surface area contributed by atoms with Crippen LogP contribution in [-0.4, -0.2) is 35.2 Å². The van der Waals surface area contributed by atoms with Gasteiger partial charge < -0.3 is 8.98 Å². The molecular weight excluding hydrogens is 348 g/mol. The minimum absolute atomic E-state index is 0.0831. The molecule has 0 aromatic carbocycles. The van der Waals surface area contributed by atoms with Gasteiger partial charge in [0, 0.05) is 36.3 Å². The Hall–Kier alpha value is -0.403. The molecule has 1 rings (SSSR count). The average Bonchev–Trinajstić information content (AvgIpc) is 2.45. The number of aromatic nitrogens is 1. The summed E-state index contributed by atoms with van der Waals surface area (Å²) in [6.45, 7) is 17.9. The van der Waals surface area contributed by atoms with Crippen LogP contribution in [0.3, 0.4) is 0 Å². The van der Waals surface area contributed by atoms with E-state index in [1.165, 1.54) is 0 Å². The number of nitrogens with one attached hydrogen (secondary N) is 1. The Balaban J connectivity index is 2.71. The normalized spacial score (nSPS) is 15.9. The molecule has 0 spiro atoms. The highest BCUT2D eigenvalue weighted by molar-refractivity contribution is 7.90. The summed E-state index contributed by atoms with van der Waals surface area (Å²) in [7, 11) is -1.76. The van der Waals surface area contributed by atoms with Gasteiger partial charge in [0.05, 0.1) is 6.04 Å². The Bertz CT molecular complexity index is 512. The highest BCUT2D eigenvalue weighted by atomic mass is 32.2. The molecule has 6 heteroatoms. The summed E-state index contributed by atoms with van der Waals surface area (Å²) in [6, 6.07) is 6.01. The molecule has 1 aromatic rings. The molecule has 0 aliphatic carbocycles. The number of hydrogen-bond acceptors (Lipinski definition) is 4. The fourth-order valence-corrected chi connectivity index (χ4v) is 3.89. The number of pyridine rings is 1. The lowest BCUT2D eigenvalue weighted by molar-refractivity contribution is 0.267. The maximum absolute atomic E-state index is 12.5. The van der Waals surface area contributed by atoms with Gasteiger partial charge in [-0.2, -0.15) is 0 Å². The van der Waals surface area contributed by atoms with E-state index in [0.717, 1.165) is 18.5 Å². The molecule has 0 saturated carbocycles. The highest BCUT2D eigenvalue weighted by Gasteiger charge is 2.37. The third kappa shape index (κ3) is 7.79. The number of rotatable bonds is 8. The van der Waals surface area contributed by atoms with Gasteiger partial charge in [0.2, 0.25) is 0 Å². The Morgan fingerprint density at radius 2 is 1.84 bits per heavy atom. The minimum atomic E-state index is -1.76. The van der Waals surface area contributed by atoms with Crippen LogP contribution in [0.1, 0.15) is 53.7 Å². The van der Waals surface area contributed by atoms with E-state index in [2.05, 4.69) is 43.6 Å². The first-order chi connectivity index (χ1) is 11.3. The van der Waals surface area contributed by atoms with Crippen molar-refractivity contribution in [2.45, 2.75) is 83.3 Å². The first-order valence-electron chi connectivity index (χ1n) is 9.05. The molecule has 4 nitrogen and oxygen atoms in total. The molecule has 25 heavy (non-hydrogen) atoms. The van der Waals surface area contributed by atoms with Crippen molar-refractivity contribution in [3.63, 3.8) is 0 Å². The number of hydrogen-bond donors (Lipinski definition) is 1. The second-order valence-corrected chi connectivity index (χ2v) is 15.9. The second kappa shape index (κ2) is 9.00. The molecule has 2 atom stereocenters. The zero-order valence-electron chi connectivity index (χ0n) is 17.2. The van der Waals surface area contributed by atoms with Gasteiger partial charge in [0.15, 0.2) is 8.32 Å². The second-order valence-electron chi connectivity index (χ2n) is 9.12. The molecule has 0 amide bonds. The molecule has 1 unspecified atom stereocenters. The van der Waals surface area contributed by atoms with Crippen LogP contribution in [0.2, 0.25) is 18.1 Å². The van der Waals surface area contributed by atoms with E-state index in [1.807, 2.05) is 39.0 Å². The fourth-order valence-electron chi connectivity index (χ4n) is 1.97. The maximum atomic E-state index is 12.5. The standard InChI is InChI=1S/C19H36N2O2SSi/c1-18(2,3)24(22)21-17(15-16-11-9-10-13-20-16)12-14-23-25(7,8)19(4,5)6/h9-11,13,17,21H,12,14-15H2,1-8H3/t17-,24?/m1/s1. The van der Waals surface area contributed by atoms with Gasteiger partial charge in [-0.1, -0.05) is 26.8 Å². The lowest BCUT2D eigenvalue weighted by atomic mass is 10.1. The Kier molecular flexibility index (Phi) is 8.15. The van der Waals surface area contributed by atoms with Crippen molar-refractivity contribution < 1.29 is 8.98 Å². The maximum Gasteiger partial charge on any atom is 0.191 e. The van der Waals surface area contributed by atoms with Crippen molar-refractivity contribution in [2.75, 3.05) is 6.61 Å². The third-order valence-electron chi connectivity index (χ3n) is 4.75. The summed E-state index contributed by atoms with van der Waals surface area (Å²) >= 11 is -1.10. The Labute approximate surface area is 158 Å². The summed E-state index contributed by atoms with van der Waals surface area (Å²) in [4.78, 5) is 4.41. The Morgan fingerprint density at radius 1 is 1.20 bits per heavy atom. The van der Waals surface area contributed by atoms with Crippen LogP contribution in [0.5, 0.6) is 0 Å². The van der Waals surface area contributed by atoms with Crippen LogP contribution in [0.25, 0.3) is 0 Å². The predicted octanol–water partition coefficient (Wildman–Crippen LogP) is 4.46. The fraction of sp³-hybridized carbons (Fsp3) is 0.737. The molecule has 0 saturated heterocycles. The van der Waals surface area contributed by atoms with E-state index in [1.54, 1.807) is 6.20 Å². The lowest BCUT2D eigenvalue weighted by Crippen LogP contribution is -2.47. The first kappa shape index (κ1) is 22.6. The van der Waals surface area contributed by atoms with Crippen LogP contribution in [-0.2, 0) is 22.2 Å². The van der Waals surface area contributed by atoms with Crippen molar-refractivity contribution >= 4 is 19.7 Å². The molecule has 144 valence electrons. The van der Waals surface area contributed by atoms with Crippen molar-refractivity contribution in [2.24, 2.45) is 0 Å². The van der Waals surface area contributed by atoms with E-state index < -0.39 is 19.7 Å². The third-order valence-corrected chi connectivity index (χ3v) is 10.9. The predicted molar refractivity (Wildman–Crippen MR) is 111 cm³/mol. The minimum Gasteiger partial charge on any atom is -0.598 e. The molecule has 0 aliphatic heterocycles. The molecule has 1 heterocycles. The van der Waals surface area contributed by atoms with E-state index >= 15 is 0 Å². The summed E-state index contributed by atoms with van der Waals surface area (Å²) < 4.78 is 21.8. The van der Waals surface area contributed by atoms with Crippen LogP contribution in [0.15, 0.2) is 24.4 Å². The summed E-state index contributed by atoms with van der Waals surface area (Å²) in [5, 5.41) is 0.200. The van der Waals surface area contributed by atoms with Gasteiger partial charge in [-0.25, -0.2) is 0 Å². The SMILES string of the molecule is CC(C)(C)[S+]([O-])N[C@H](CCO[Si](C)(C)C(C)(C)C)Cc1ccccn1. The van der Waals surface area contributed by atoms with Crippen molar-refractivity contribution in [3.05, 3.63) is 30.1 Å². The molecule has 0 radical (unpaired) electrons. The zero-order valence-corrected chi connectivity index (χ0v) is 19.0. The van der Waals surface area contributed by atoms with Crippen LogP contribution < -0.4 is 4.72 Å². The smallest absolute Gasteiger partial charge is 0.191 e. The monoisotopic (exact) mass is 384 g/mol. The van der Waals surface area contributed by atoms with Crippen molar-refractivity contribution in [1.82, 2.24) is 9.71 Å². The van der Waals surface area contributed by atoms with E-state index in [-0.39, 0.29) is 15.8 Å². The lowest BCUT2D eigenvalue weighted by Gasteiger charge is -2.36. The highest BCUT2D eigenvalue weighted by Crippen LogP contribution is 2.36. The van der Waals surface area contributed by atoms with Crippen molar-refractivity contribution in [1.29, 1.82) is 0 Å². The number of nitrogens with zero attached hydrogens (tertiary/aromatic N) is 1. The first-order valence-corrected chi connectivity index (χ1v) is 13.1. The van der Waals surface area contributed by atoms with E-state index in [9.17, 15) is 4.55 Å². The Morgan fingerprint density at radius 3 is 2.32 bits per heavy atom. The molecular formula is C19H36N2O2SSi. The van der Waals surface area contributed by atoms with Crippen molar-refractivity contribution in [3.8, 4) is 0 Å². The largest absolute Gasteiger partial charge is 0.598 e. The molecule has 0 fully saturated rings. The summed E-state index contributed by atoms with van der Waals surface area (Å²) in [5.74, 6) is 0. The van der Waals surface area contributed by atoms with E-state index in [0.29, 0.717) is 6.61 Å². The molecule has 0 bridgehead atoms. The van der Waals surface area contributed by atoms with Gasteiger partial charge in [-0.3, -0.25) is 4.98 Å². The average molecular weight is 385 g/mol. The summed E-state index contributed by atoms with van der Waals surface area (Å²) in [5.41, 5.74) is 1.01. The van der Waals surface area contributed by atoms with Gasteiger partial charge in [0.25, 0.3) is 0 Å². The molecule has 0 aliphatic rings. The molecule has 1 aromatic heterocycles. The summed E-state index contributed by atoms with van der Waals surface area (Å²) in [6.07, 6.45) is 3.38. The topological polar surface area (TPSA) is 57.2 Å². The van der Waals surface area contributed by atoms with Crippen LogP contribution >= 0.6 is 0 Å². The molecule has 1 N–H and O–H groups in total. The quantitative estimate of drug-likeness (QED) is 0.531. The van der Waals surface area contributed by atoms with Crippen LogP contribution in [0.4, 0.5) is 0 Å². The van der Waals surface area contributed by atoms with Gasteiger partial charge in [0.1, 0.15) is 4.75 Å².